The number of oxazole rings is 1. The van der Waals surface area contributed by atoms with Gasteiger partial charge in [0, 0.05) is 5.56 Å². The summed E-state index contributed by atoms with van der Waals surface area (Å²) in [4.78, 5) is 26.0. The maximum atomic E-state index is 12.3. The number of carbonyl (C=O) groups is 1. The van der Waals surface area contributed by atoms with Crippen LogP contribution in [0, 0.1) is 6.92 Å². The molecule has 0 saturated heterocycles. The number of hydrogen-bond donors (Lipinski definition) is 2. The minimum atomic E-state index is -0.548. The minimum Gasteiger partial charge on any atom is -0.495 e. The average molecular weight is 298 g/mol. The first-order valence-corrected chi connectivity index (χ1v) is 6.65. The molecule has 0 aliphatic heterocycles. The molecule has 0 radical (unpaired) electrons. The number of amides is 1. The third-order valence-corrected chi connectivity index (χ3v) is 3.29. The Morgan fingerprint density at radius 2 is 2.05 bits per heavy atom. The number of nitrogens with one attached hydrogen (secondary N) is 2. The summed E-state index contributed by atoms with van der Waals surface area (Å²) in [6, 6.07) is 10.3. The molecule has 0 spiro atoms. The second-order valence-corrected chi connectivity index (χ2v) is 4.88. The number of aromatic amines is 1. The van der Waals surface area contributed by atoms with Crippen LogP contribution in [0.1, 0.15) is 15.9 Å². The zero-order valence-corrected chi connectivity index (χ0v) is 12.1. The Labute approximate surface area is 125 Å². The second-order valence-electron chi connectivity index (χ2n) is 4.88. The molecule has 112 valence electrons. The summed E-state index contributed by atoms with van der Waals surface area (Å²) in [5, 5.41) is 2.80. The molecular formula is C16H14N2O4. The van der Waals surface area contributed by atoms with E-state index >= 15 is 0 Å². The van der Waals surface area contributed by atoms with E-state index in [9.17, 15) is 9.59 Å². The van der Waals surface area contributed by atoms with Gasteiger partial charge in [-0.05, 0) is 42.8 Å². The highest BCUT2D eigenvalue weighted by atomic mass is 16.5. The predicted molar refractivity (Wildman–Crippen MR) is 82.5 cm³/mol. The molecule has 0 aliphatic rings. The van der Waals surface area contributed by atoms with Crippen molar-refractivity contribution in [2.45, 2.75) is 6.92 Å². The summed E-state index contributed by atoms with van der Waals surface area (Å²) in [5.41, 5.74) is 2.87. The number of aryl methyl sites for hydroxylation is 1. The molecule has 3 rings (SSSR count). The van der Waals surface area contributed by atoms with Crippen molar-refractivity contribution in [1.82, 2.24) is 4.98 Å². The fourth-order valence-electron chi connectivity index (χ4n) is 2.20. The normalized spacial score (nSPS) is 10.6. The van der Waals surface area contributed by atoms with Crippen LogP contribution in [0.2, 0.25) is 0 Å². The lowest BCUT2D eigenvalue weighted by atomic mass is 10.1. The minimum absolute atomic E-state index is 0.311. The summed E-state index contributed by atoms with van der Waals surface area (Å²) in [6.07, 6.45) is 0. The van der Waals surface area contributed by atoms with Gasteiger partial charge in [0.1, 0.15) is 5.75 Å². The molecule has 0 saturated carbocycles. The number of aromatic nitrogens is 1. The average Bonchev–Trinajstić information content (AvgIpc) is 2.86. The topological polar surface area (TPSA) is 84.3 Å². The summed E-state index contributed by atoms with van der Waals surface area (Å²) in [6.45, 7) is 1.93. The van der Waals surface area contributed by atoms with Crippen LogP contribution < -0.4 is 15.8 Å². The Hall–Kier alpha value is -3.02. The van der Waals surface area contributed by atoms with Crippen molar-refractivity contribution >= 4 is 22.7 Å². The van der Waals surface area contributed by atoms with Crippen molar-refractivity contribution in [1.29, 1.82) is 0 Å². The van der Waals surface area contributed by atoms with E-state index in [1.807, 2.05) is 19.1 Å². The van der Waals surface area contributed by atoms with Crippen LogP contribution in [-0.2, 0) is 0 Å². The molecule has 0 fully saturated rings. The Morgan fingerprint density at radius 1 is 1.23 bits per heavy atom. The highest BCUT2D eigenvalue weighted by Crippen LogP contribution is 2.26. The third-order valence-electron chi connectivity index (χ3n) is 3.29. The van der Waals surface area contributed by atoms with Crippen LogP contribution in [0.3, 0.4) is 0 Å². The molecule has 2 N–H and O–H groups in total. The largest absolute Gasteiger partial charge is 0.495 e. The lowest BCUT2D eigenvalue weighted by Gasteiger charge is -2.11. The molecular weight excluding hydrogens is 284 g/mol. The van der Waals surface area contributed by atoms with Gasteiger partial charge in [0.15, 0.2) is 5.58 Å². The second kappa shape index (κ2) is 5.40. The van der Waals surface area contributed by atoms with Crippen molar-refractivity contribution in [3.63, 3.8) is 0 Å². The molecule has 0 unspecified atom stereocenters. The number of anilines is 1. The van der Waals surface area contributed by atoms with Crippen LogP contribution in [-0.4, -0.2) is 18.0 Å². The SMILES string of the molecule is COc1ccc(C)cc1NC(=O)c1ccc2[nH]c(=O)oc2c1. The van der Waals surface area contributed by atoms with E-state index in [2.05, 4.69) is 10.3 Å². The molecule has 6 nitrogen and oxygen atoms in total. The van der Waals surface area contributed by atoms with Gasteiger partial charge in [-0.1, -0.05) is 6.07 Å². The first kappa shape index (κ1) is 13.9. The van der Waals surface area contributed by atoms with E-state index < -0.39 is 5.76 Å². The van der Waals surface area contributed by atoms with Crippen LogP contribution in [0.25, 0.3) is 11.1 Å². The van der Waals surface area contributed by atoms with Crippen LogP contribution in [0.15, 0.2) is 45.6 Å². The predicted octanol–water partition coefficient (Wildman–Crippen LogP) is 2.69. The van der Waals surface area contributed by atoms with Gasteiger partial charge in [-0.2, -0.15) is 0 Å². The zero-order valence-electron chi connectivity index (χ0n) is 12.1. The Balaban J connectivity index is 1.92. The number of H-pyrrole nitrogens is 1. The van der Waals surface area contributed by atoms with Gasteiger partial charge in [-0.15, -0.1) is 0 Å². The van der Waals surface area contributed by atoms with Gasteiger partial charge in [-0.3, -0.25) is 9.78 Å². The molecule has 1 aromatic heterocycles. The van der Waals surface area contributed by atoms with E-state index in [0.717, 1.165) is 5.56 Å². The van der Waals surface area contributed by atoms with Crippen molar-refractivity contribution in [2.75, 3.05) is 12.4 Å². The van der Waals surface area contributed by atoms with Crippen LogP contribution >= 0.6 is 0 Å². The van der Waals surface area contributed by atoms with Gasteiger partial charge < -0.3 is 14.5 Å². The van der Waals surface area contributed by atoms with Gasteiger partial charge in [-0.25, -0.2) is 4.79 Å². The summed E-state index contributed by atoms with van der Waals surface area (Å²) in [5.74, 6) is -0.282. The third kappa shape index (κ3) is 2.58. The molecule has 22 heavy (non-hydrogen) atoms. The number of carbonyl (C=O) groups excluding carboxylic acids is 1. The Kier molecular flexibility index (Phi) is 3.42. The Morgan fingerprint density at radius 3 is 2.82 bits per heavy atom. The highest BCUT2D eigenvalue weighted by molar-refractivity contribution is 6.06. The van der Waals surface area contributed by atoms with Crippen molar-refractivity contribution in [2.24, 2.45) is 0 Å². The van der Waals surface area contributed by atoms with Gasteiger partial charge in [0.05, 0.1) is 18.3 Å². The fourth-order valence-corrected chi connectivity index (χ4v) is 2.20. The van der Waals surface area contributed by atoms with E-state index in [1.54, 1.807) is 25.3 Å². The zero-order chi connectivity index (χ0) is 15.7. The lowest BCUT2D eigenvalue weighted by molar-refractivity contribution is 0.102. The maximum absolute atomic E-state index is 12.3. The number of ether oxygens (including phenoxy) is 1. The summed E-state index contributed by atoms with van der Waals surface area (Å²) < 4.78 is 10.2. The number of fused-ring (bicyclic) bond motifs is 1. The molecule has 6 heteroatoms. The quantitative estimate of drug-likeness (QED) is 0.778. The van der Waals surface area contributed by atoms with Gasteiger partial charge >= 0.3 is 5.76 Å². The van der Waals surface area contributed by atoms with Crippen LogP contribution in [0.5, 0.6) is 5.75 Å². The Bertz CT molecular complexity index is 908. The molecule has 0 bridgehead atoms. The van der Waals surface area contributed by atoms with Gasteiger partial charge in [0.25, 0.3) is 5.91 Å². The first-order chi connectivity index (χ1) is 10.6. The molecule has 1 heterocycles. The lowest BCUT2D eigenvalue weighted by Crippen LogP contribution is -2.12. The van der Waals surface area contributed by atoms with E-state index in [4.69, 9.17) is 9.15 Å². The standard InChI is InChI=1S/C16H14N2O4/c1-9-3-6-13(21-2)12(7-9)17-15(19)10-4-5-11-14(8-10)22-16(20)18-11/h3-8H,1-2H3,(H,17,19)(H,18,20). The van der Waals surface area contributed by atoms with Gasteiger partial charge in [0.2, 0.25) is 0 Å². The first-order valence-electron chi connectivity index (χ1n) is 6.65. The van der Waals surface area contributed by atoms with Crippen molar-refractivity contribution in [3.05, 3.63) is 58.1 Å². The number of methoxy groups -OCH3 is 1. The summed E-state index contributed by atoms with van der Waals surface area (Å²) >= 11 is 0. The highest BCUT2D eigenvalue weighted by Gasteiger charge is 2.12. The van der Waals surface area contributed by atoms with E-state index in [0.29, 0.717) is 28.1 Å². The molecule has 0 aliphatic carbocycles. The van der Waals surface area contributed by atoms with E-state index in [-0.39, 0.29) is 5.91 Å². The monoisotopic (exact) mass is 298 g/mol. The molecule has 1 amide bonds. The fraction of sp³-hybridized carbons (Fsp3) is 0.125. The summed E-state index contributed by atoms with van der Waals surface area (Å²) in [7, 11) is 1.54. The van der Waals surface area contributed by atoms with E-state index in [1.165, 1.54) is 6.07 Å². The number of benzene rings is 2. The molecule has 0 atom stereocenters. The van der Waals surface area contributed by atoms with Crippen molar-refractivity contribution in [3.8, 4) is 5.75 Å². The van der Waals surface area contributed by atoms with Crippen molar-refractivity contribution < 1.29 is 13.9 Å². The molecule has 2 aromatic carbocycles. The number of hydrogen-bond acceptors (Lipinski definition) is 4. The maximum Gasteiger partial charge on any atom is 0.417 e. The molecule has 3 aromatic rings. The smallest absolute Gasteiger partial charge is 0.417 e. The van der Waals surface area contributed by atoms with Crippen LogP contribution in [0.4, 0.5) is 5.69 Å². The number of rotatable bonds is 3.